The number of rotatable bonds is 6. The van der Waals surface area contributed by atoms with Crippen molar-refractivity contribution in [2.45, 2.75) is 20.3 Å². The lowest BCUT2D eigenvalue weighted by atomic mass is 10.1. The Labute approximate surface area is 165 Å². The quantitative estimate of drug-likeness (QED) is 0.798. The third-order valence-corrected chi connectivity index (χ3v) is 4.87. The Balaban J connectivity index is 1.70. The summed E-state index contributed by atoms with van der Waals surface area (Å²) in [6.07, 6.45) is 0.363. The molecule has 2 aromatic carbocycles. The molecule has 1 aliphatic rings. The van der Waals surface area contributed by atoms with E-state index in [0.717, 1.165) is 31.9 Å². The number of carbonyl (C=O) groups is 2. The lowest BCUT2D eigenvalue weighted by Crippen LogP contribution is -2.46. The van der Waals surface area contributed by atoms with E-state index in [9.17, 15) is 14.7 Å². The predicted molar refractivity (Wildman–Crippen MR) is 112 cm³/mol. The van der Waals surface area contributed by atoms with Gasteiger partial charge in [0.2, 0.25) is 5.91 Å². The van der Waals surface area contributed by atoms with E-state index in [1.54, 1.807) is 12.1 Å². The van der Waals surface area contributed by atoms with Crippen LogP contribution in [0.5, 0.6) is 0 Å². The number of amides is 1. The second-order valence-corrected chi connectivity index (χ2v) is 7.49. The standard InChI is InChI=1S/C22H27N3O3/c1-16(2)14-21(26)23-20-9-8-18(15-19(20)22(27)28)25-12-10-24(11-13-25)17-6-4-3-5-7-17/h3-9,15-16H,10-14H2,1-2H3,(H,23,26)(H,27,28). The van der Waals surface area contributed by atoms with Crippen molar-refractivity contribution in [1.82, 2.24) is 0 Å². The Morgan fingerprint density at radius 2 is 1.57 bits per heavy atom. The molecule has 2 N–H and O–H groups in total. The van der Waals surface area contributed by atoms with Crippen LogP contribution in [0.4, 0.5) is 17.1 Å². The van der Waals surface area contributed by atoms with Gasteiger partial charge >= 0.3 is 5.97 Å². The molecule has 1 amide bonds. The molecule has 0 bridgehead atoms. The number of piperazine rings is 1. The fourth-order valence-electron chi connectivity index (χ4n) is 3.45. The summed E-state index contributed by atoms with van der Waals surface area (Å²) in [5.41, 5.74) is 2.55. The van der Waals surface area contributed by atoms with Gasteiger partial charge in [0.1, 0.15) is 0 Å². The lowest BCUT2D eigenvalue weighted by Gasteiger charge is -2.37. The number of hydrogen-bond acceptors (Lipinski definition) is 4. The molecule has 2 aromatic rings. The first-order valence-electron chi connectivity index (χ1n) is 9.66. The molecular weight excluding hydrogens is 354 g/mol. The van der Waals surface area contributed by atoms with E-state index < -0.39 is 5.97 Å². The summed E-state index contributed by atoms with van der Waals surface area (Å²) in [4.78, 5) is 28.3. The van der Waals surface area contributed by atoms with Crippen molar-refractivity contribution in [1.29, 1.82) is 0 Å². The first-order valence-corrected chi connectivity index (χ1v) is 9.66. The topological polar surface area (TPSA) is 72.9 Å². The Morgan fingerprint density at radius 1 is 0.964 bits per heavy atom. The number of benzene rings is 2. The molecular formula is C22H27N3O3. The van der Waals surface area contributed by atoms with Crippen LogP contribution in [0.15, 0.2) is 48.5 Å². The summed E-state index contributed by atoms with van der Waals surface area (Å²) in [7, 11) is 0. The van der Waals surface area contributed by atoms with Gasteiger partial charge in [0, 0.05) is 44.0 Å². The number of carboxylic acid groups (broad SMARTS) is 1. The van der Waals surface area contributed by atoms with Gasteiger partial charge in [-0.05, 0) is 36.2 Å². The molecule has 0 radical (unpaired) electrons. The molecule has 0 aromatic heterocycles. The number of anilines is 3. The Kier molecular flexibility index (Phi) is 6.19. The first kappa shape index (κ1) is 19.7. The highest BCUT2D eigenvalue weighted by atomic mass is 16.4. The molecule has 148 valence electrons. The molecule has 1 fully saturated rings. The first-order chi connectivity index (χ1) is 13.4. The summed E-state index contributed by atoms with van der Waals surface area (Å²) >= 11 is 0. The number of carbonyl (C=O) groups excluding carboxylic acids is 1. The number of carboxylic acids is 1. The van der Waals surface area contributed by atoms with E-state index in [2.05, 4.69) is 27.2 Å². The monoisotopic (exact) mass is 381 g/mol. The van der Waals surface area contributed by atoms with Crippen molar-refractivity contribution >= 4 is 28.9 Å². The number of para-hydroxylation sites is 1. The normalized spacial score (nSPS) is 14.2. The summed E-state index contributed by atoms with van der Waals surface area (Å²) in [5, 5.41) is 12.3. The summed E-state index contributed by atoms with van der Waals surface area (Å²) in [6, 6.07) is 15.5. The van der Waals surface area contributed by atoms with Crippen LogP contribution in [0, 0.1) is 5.92 Å². The van der Waals surface area contributed by atoms with Gasteiger partial charge in [0.25, 0.3) is 0 Å². The van der Waals surface area contributed by atoms with Crippen LogP contribution in [0.3, 0.4) is 0 Å². The summed E-state index contributed by atoms with van der Waals surface area (Å²) < 4.78 is 0. The van der Waals surface area contributed by atoms with Crippen molar-refractivity contribution in [2.24, 2.45) is 5.92 Å². The van der Waals surface area contributed by atoms with Crippen molar-refractivity contribution < 1.29 is 14.7 Å². The van der Waals surface area contributed by atoms with E-state index in [-0.39, 0.29) is 17.4 Å². The van der Waals surface area contributed by atoms with Crippen LogP contribution in [0.25, 0.3) is 0 Å². The van der Waals surface area contributed by atoms with Gasteiger partial charge < -0.3 is 20.2 Å². The van der Waals surface area contributed by atoms with Crippen LogP contribution in [0.1, 0.15) is 30.6 Å². The van der Waals surface area contributed by atoms with Crippen molar-refractivity contribution in [3.63, 3.8) is 0 Å². The van der Waals surface area contributed by atoms with Crippen LogP contribution in [-0.2, 0) is 4.79 Å². The van der Waals surface area contributed by atoms with Gasteiger partial charge in [0.05, 0.1) is 11.3 Å². The lowest BCUT2D eigenvalue weighted by molar-refractivity contribution is -0.116. The van der Waals surface area contributed by atoms with Gasteiger partial charge in [-0.25, -0.2) is 4.79 Å². The van der Waals surface area contributed by atoms with E-state index in [0.29, 0.717) is 12.1 Å². The molecule has 0 aliphatic carbocycles. The molecule has 0 saturated carbocycles. The van der Waals surface area contributed by atoms with E-state index >= 15 is 0 Å². The van der Waals surface area contributed by atoms with E-state index in [4.69, 9.17) is 0 Å². The minimum atomic E-state index is -1.04. The molecule has 3 rings (SSSR count). The van der Waals surface area contributed by atoms with Crippen LogP contribution in [0.2, 0.25) is 0 Å². The average Bonchev–Trinajstić information content (AvgIpc) is 2.68. The molecule has 0 spiro atoms. The zero-order valence-electron chi connectivity index (χ0n) is 16.4. The largest absolute Gasteiger partial charge is 0.478 e. The van der Waals surface area contributed by atoms with Gasteiger partial charge in [-0.2, -0.15) is 0 Å². The van der Waals surface area contributed by atoms with Gasteiger partial charge in [-0.3, -0.25) is 4.79 Å². The highest BCUT2D eigenvalue weighted by Crippen LogP contribution is 2.26. The summed E-state index contributed by atoms with van der Waals surface area (Å²) in [5.74, 6) is -0.986. The fraction of sp³-hybridized carbons (Fsp3) is 0.364. The Hall–Kier alpha value is -3.02. The van der Waals surface area contributed by atoms with Gasteiger partial charge in [-0.1, -0.05) is 32.0 Å². The predicted octanol–water partition coefficient (Wildman–Crippen LogP) is 3.70. The van der Waals surface area contributed by atoms with E-state index in [1.807, 2.05) is 38.1 Å². The Bertz CT molecular complexity index is 828. The number of nitrogens with zero attached hydrogens (tertiary/aromatic N) is 2. The van der Waals surface area contributed by atoms with Crippen molar-refractivity contribution in [3.8, 4) is 0 Å². The van der Waals surface area contributed by atoms with E-state index in [1.165, 1.54) is 5.69 Å². The van der Waals surface area contributed by atoms with Gasteiger partial charge in [0.15, 0.2) is 0 Å². The molecule has 1 aliphatic heterocycles. The molecule has 0 unspecified atom stereocenters. The maximum Gasteiger partial charge on any atom is 0.337 e. The van der Waals surface area contributed by atoms with Crippen LogP contribution in [-0.4, -0.2) is 43.2 Å². The fourth-order valence-corrected chi connectivity index (χ4v) is 3.45. The summed E-state index contributed by atoms with van der Waals surface area (Å²) in [6.45, 7) is 7.28. The molecule has 6 nitrogen and oxygen atoms in total. The minimum Gasteiger partial charge on any atom is -0.478 e. The number of hydrogen-bond donors (Lipinski definition) is 2. The molecule has 6 heteroatoms. The van der Waals surface area contributed by atoms with Crippen molar-refractivity contribution in [2.75, 3.05) is 41.3 Å². The molecule has 1 saturated heterocycles. The molecule has 1 heterocycles. The maximum atomic E-state index is 12.0. The zero-order valence-corrected chi connectivity index (χ0v) is 16.4. The second-order valence-electron chi connectivity index (χ2n) is 7.49. The highest BCUT2D eigenvalue weighted by Gasteiger charge is 2.20. The molecule has 0 atom stereocenters. The zero-order chi connectivity index (χ0) is 20.1. The van der Waals surface area contributed by atoms with Gasteiger partial charge in [-0.15, -0.1) is 0 Å². The van der Waals surface area contributed by atoms with Crippen LogP contribution < -0.4 is 15.1 Å². The Morgan fingerprint density at radius 3 is 2.14 bits per heavy atom. The molecule has 28 heavy (non-hydrogen) atoms. The highest BCUT2D eigenvalue weighted by molar-refractivity contribution is 6.01. The smallest absolute Gasteiger partial charge is 0.337 e. The number of nitrogens with one attached hydrogen (secondary N) is 1. The second kappa shape index (κ2) is 8.78. The third-order valence-electron chi connectivity index (χ3n) is 4.87. The van der Waals surface area contributed by atoms with Crippen LogP contribution >= 0.6 is 0 Å². The van der Waals surface area contributed by atoms with Crippen molar-refractivity contribution in [3.05, 3.63) is 54.1 Å². The maximum absolute atomic E-state index is 12.0. The SMILES string of the molecule is CC(C)CC(=O)Nc1ccc(N2CCN(c3ccccc3)CC2)cc1C(=O)O. The third kappa shape index (κ3) is 4.82. The number of aromatic carboxylic acids is 1. The average molecular weight is 381 g/mol. The minimum absolute atomic E-state index is 0.125.